The summed E-state index contributed by atoms with van der Waals surface area (Å²) in [7, 11) is 0. The fourth-order valence-corrected chi connectivity index (χ4v) is 8.88. The van der Waals surface area contributed by atoms with Gasteiger partial charge in [0.2, 0.25) is 0 Å². The zero-order valence-electron chi connectivity index (χ0n) is 25.3. The lowest BCUT2D eigenvalue weighted by Crippen LogP contribution is -2.74. The van der Waals surface area contributed by atoms with E-state index in [-0.39, 0.29) is 29.6 Å². The van der Waals surface area contributed by atoms with E-state index in [2.05, 4.69) is 37.6 Å². The van der Waals surface area contributed by atoms with Gasteiger partial charge in [0.25, 0.3) is 5.91 Å². The summed E-state index contributed by atoms with van der Waals surface area (Å²) in [4.78, 5) is 25.2. The van der Waals surface area contributed by atoms with E-state index in [0.717, 1.165) is 78.8 Å². The molecule has 1 saturated heterocycles. The van der Waals surface area contributed by atoms with Crippen molar-refractivity contribution in [2.45, 2.75) is 76.2 Å². The highest BCUT2D eigenvalue weighted by molar-refractivity contribution is 5.94. The molecule has 1 unspecified atom stereocenters. The number of ether oxygens (including phenoxy) is 2. The number of halogens is 3. The molecule has 0 radical (unpaired) electrons. The first-order valence-corrected chi connectivity index (χ1v) is 15.4. The number of carbonyl (C=O) groups is 2. The van der Waals surface area contributed by atoms with Crippen molar-refractivity contribution in [3.8, 4) is 23.3 Å². The van der Waals surface area contributed by atoms with Gasteiger partial charge in [-0.15, -0.1) is 0 Å². The second kappa shape index (κ2) is 11.0. The zero-order chi connectivity index (χ0) is 31.4. The number of nitrogens with one attached hydrogen (secondary N) is 1. The molecule has 2 aromatic carbocycles. The largest absolute Gasteiger partial charge is 0.487 e. The molecule has 0 aromatic heterocycles. The number of quaternary nitrogens is 1. The van der Waals surface area contributed by atoms with Crippen LogP contribution in [0.3, 0.4) is 0 Å². The third-order valence-corrected chi connectivity index (χ3v) is 10.2. The Labute approximate surface area is 256 Å². The van der Waals surface area contributed by atoms with Gasteiger partial charge in [0.05, 0.1) is 42.7 Å². The van der Waals surface area contributed by atoms with Gasteiger partial charge in [-0.2, -0.15) is 13.2 Å². The number of rotatable bonds is 6. The van der Waals surface area contributed by atoms with E-state index in [9.17, 15) is 22.8 Å². The summed E-state index contributed by atoms with van der Waals surface area (Å²) >= 11 is 0. The van der Waals surface area contributed by atoms with Crippen molar-refractivity contribution in [1.82, 2.24) is 5.32 Å². The number of esters is 1. The molecule has 9 heteroatoms. The van der Waals surface area contributed by atoms with E-state index in [1.165, 1.54) is 19.1 Å². The molecule has 4 aliphatic rings. The predicted octanol–water partition coefficient (Wildman–Crippen LogP) is 5.56. The molecule has 2 bridgehead atoms. The first kappa shape index (κ1) is 30.3. The smallest absolute Gasteiger partial charge is 0.416 e. The first-order valence-electron chi connectivity index (χ1n) is 15.4. The number of benzene rings is 2. The maximum absolute atomic E-state index is 13.1. The van der Waals surface area contributed by atoms with Crippen LogP contribution >= 0.6 is 0 Å². The Kier molecular flexibility index (Phi) is 7.56. The first-order chi connectivity index (χ1) is 20.9. The lowest BCUT2D eigenvalue weighted by atomic mass is 9.50. The van der Waals surface area contributed by atoms with Gasteiger partial charge < -0.3 is 19.3 Å². The summed E-state index contributed by atoms with van der Waals surface area (Å²) in [6.07, 6.45) is 0.549. The monoisotopic (exact) mass is 607 g/mol. The van der Waals surface area contributed by atoms with Crippen molar-refractivity contribution in [2.24, 2.45) is 11.8 Å². The van der Waals surface area contributed by atoms with Crippen LogP contribution < -0.4 is 14.8 Å². The molecule has 44 heavy (non-hydrogen) atoms. The third kappa shape index (κ3) is 4.97. The second-order valence-electron chi connectivity index (χ2n) is 13.2. The Morgan fingerprint density at radius 2 is 1.95 bits per heavy atom. The van der Waals surface area contributed by atoms with Crippen molar-refractivity contribution >= 4 is 11.9 Å². The number of likely N-dealkylation sites (tertiary alicyclic amines) is 1. The quantitative estimate of drug-likeness (QED) is 0.154. The molecule has 6 atom stereocenters. The molecule has 6 nitrogen and oxygen atoms in total. The molecule has 1 saturated carbocycles. The van der Waals surface area contributed by atoms with Gasteiger partial charge in [0, 0.05) is 54.2 Å². The minimum Gasteiger partial charge on any atom is -0.487 e. The van der Waals surface area contributed by atoms with Crippen LogP contribution in [-0.4, -0.2) is 54.2 Å². The molecule has 2 heterocycles. The number of alkyl halides is 3. The molecule has 232 valence electrons. The Bertz CT molecular complexity index is 1560. The number of piperidine rings is 1. The highest BCUT2D eigenvalue weighted by Crippen LogP contribution is 2.64. The second-order valence-corrected chi connectivity index (χ2v) is 13.2. The lowest BCUT2D eigenvalue weighted by Gasteiger charge is -2.63. The predicted molar refractivity (Wildman–Crippen MR) is 159 cm³/mol. The normalized spacial score (nSPS) is 29.5. The SMILES string of the molecule is C=CC[N+]1(CC(C)C)CC[C@@]23c4c5ccc(OC(C)=O)c4C[C@@H]1[C@@H]2CC[C@H](NC(=O)C#Cc1ccc(C(F)(F)F)cc1)[C@@H]3O5. The van der Waals surface area contributed by atoms with E-state index in [1.807, 2.05) is 18.2 Å². The van der Waals surface area contributed by atoms with Gasteiger partial charge in [-0.1, -0.05) is 26.3 Å². The van der Waals surface area contributed by atoms with Crippen LogP contribution in [0.15, 0.2) is 49.1 Å². The van der Waals surface area contributed by atoms with Crippen LogP contribution in [0.5, 0.6) is 11.5 Å². The number of hydrogen-bond acceptors (Lipinski definition) is 4. The number of carbonyl (C=O) groups excluding carboxylic acids is 2. The topological polar surface area (TPSA) is 64.6 Å². The molecule has 2 aromatic rings. The number of nitrogens with zero attached hydrogens (tertiary/aromatic N) is 1. The van der Waals surface area contributed by atoms with Crippen molar-refractivity contribution in [3.05, 3.63) is 71.3 Å². The molecule has 2 aliphatic carbocycles. The van der Waals surface area contributed by atoms with Crippen molar-refractivity contribution in [3.63, 3.8) is 0 Å². The third-order valence-electron chi connectivity index (χ3n) is 10.2. The van der Waals surface area contributed by atoms with Gasteiger partial charge >= 0.3 is 12.1 Å². The highest BCUT2D eigenvalue weighted by atomic mass is 19.4. The average molecular weight is 608 g/mol. The molecule has 6 rings (SSSR count). The summed E-state index contributed by atoms with van der Waals surface area (Å²) in [6.45, 7) is 12.9. The van der Waals surface area contributed by atoms with Crippen LogP contribution in [0, 0.1) is 23.7 Å². The molecule has 1 amide bonds. The molecule has 1 spiro atoms. The summed E-state index contributed by atoms with van der Waals surface area (Å²) in [5, 5.41) is 3.09. The Morgan fingerprint density at radius 1 is 1.20 bits per heavy atom. The van der Waals surface area contributed by atoms with Crippen molar-refractivity contribution in [2.75, 3.05) is 19.6 Å². The number of amides is 1. The average Bonchev–Trinajstić information content (AvgIpc) is 3.29. The van der Waals surface area contributed by atoms with E-state index < -0.39 is 17.6 Å². The molecule has 2 fully saturated rings. The van der Waals surface area contributed by atoms with Crippen LogP contribution in [-0.2, 0) is 27.6 Å². The molecule has 2 aliphatic heterocycles. The molecule has 1 N–H and O–H groups in total. The fraction of sp³-hybridized carbons (Fsp3) is 0.486. The minimum absolute atomic E-state index is 0.279. The van der Waals surface area contributed by atoms with E-state index >= 15 is 0 Å². The Balaban J connectivity index is 1.34. The Morgan fingerprint density at radius 3 is 2.61 bits per heavy atom. The van der Waals surface area contributed by atoms with Gasteiger partial charge in [0.1, 0.15) is 17.6 Å². The summed E-state index contributed by atoms with van der Waals surface area (Å²) < 4.78 is 52.2. The van der Waals surface area contributed by atoms with Gasteiger partial charge in [-0.3, -0.25) is 9.59 Å². The minimum atomic E-state index is -4.43. The van der Waals surface area contributed by atoms with E-state index in [0.29, 0.717) is 23.1 Å². The maximum Gasteiger partial charge on any atom is 0.416 e. The van der Waals surface area contributed by atoms with Crippen LogP contribution in [0.25, 0.3) is 0 Å². The van der Waals surface area contributed by atoms with Gasteiger partial charge in [0.15, 0.2) is 0 Å². The van der Waals surface area contributed by atoms with Crippen molar-refractivity contribution < 1.29 is 36.7 Å². The van der Waals surface area contributed by atoms with E-state index in [1.54, 1.807) is 0 Å². The van der Waals surface area contributed by atoms with Crippen LogP contribution in [0.4, 0.5) is 13.2 Å². The zero-order valence-corrected chi connectivity index (χ0v) is 25.3. The van der Waals surface area contributed by atoms with Gasteiger partial charge in [-0.25, -0.2) is 0 Å². The molecular formula is C35H38F3N2O4+. The summed E-state index contributed by atoms with van der Waals surface area (Å²) in [6, 6.07) is 8.14. The van der Waals surface area contributed by atoms with E-state index in [4.69, 9.17) is 9.47 Å². The van der Waals surface area contributed by atoms with Gasteiger partial charge in [-0.05, 0) is 55.3 Å². The lowest BCUT2D eigenvalue weighted by molar-refractivity contribution is -0.960. The van der Waals surface area contributed by atoms with Crippen LogP contribution in [0.1, 0.15) is 62.3 Å². The highest BCUT2D eigenvalue weighted by Gasteiger charge is 2.69. The fourth-order valence-electron chi connectivity index (χ4n) is 8.88. The number of hydrogen-bond donors (Lipinski definition) is 1. The van der Waals surface area contributed by atoms with Crippen molar-refractivity contribution in [1.29, 1.82) is 0 Å². The standard InChI is InChI=1S/C35H37F3N2O4/c1-5-17-40(20-21(2)3)18-16-34-26-11-12-27(39-31(42)15-8-23-6-9-24(10-7-23)35(36,37)38)33(34)44-30-14-13-29(43-22(4)41)25(32(30)34)19-28(26)40/h5-7,9-10,13-14,21,26-28,33H,1,11-12,16-20H2,2-4H3/p+1/t26-,27-,28+,33-,34-,40?/m0/s1. The Hall–Kier alpha value is -3.77. The summed E-state index contributed by atoms with van der Waals surface area (Å²) in [5.41, 5.74) is 1.37. The van der Waals surface area contributed by atoms with Crippen LogP contribution in [0.2, 0.25) is 0 Å². The summed E-state index contributed by atoms with van der Waals surface area (Å²) in [5.74, 6) is 6.57. The molecular weight excluding hydrogens is 569 g/mol. The maximum atomic E-state index is 13.1.